The van der Waals surface area contributed by atoms with Gasteiger partial charge in [-0.3, -0.25) is 0 Å². The first-order valence-corrected chi connectivity index (χ1v) is 6.26. The van der Waals surface area contributed by atoms with Gasteiger partial charge in [0.1, 0.15) is 5.82 Å². The first kappa shape index (κ1) is 14.4. The van der Waals surface area contributed by atoms with Crippen molar-refractivity contribution in [1.29, 1.82) is 0 Å². The third-order valence-corrected chi connectivity index (χ3v) is 2.43. The molecule has 0 saturated heterocycles. The molecule has 18 heavy (non-hydrogen) atoms. The normalized spacial score (nSPS) is 10.4. The molecule has 0 amide bonds. The standard InChI is InChI=1S/C14H13FO.C2H6/c15-14-7-6-12-5-4-11(3-1-2-8-16)9-13(12)10-14;1-2/h1,3-7,9-10,16H,2,8H2;1-2H3/b3-1+;. The lowest BCUT2D eigenvalue weighted by Crippen LogP contribution is -1.79. The summed E-state index contributed by atoms with van der Waals surface area (Å²) in [5, 5.41) is 10.6. The van der Waals surface area contributed by atoms with Gasteiger partial charge >= 0.3 is 0 Å². The Morgan fingerprint density at radius 2 is 1.78 bits per heavy atom. The Morgan fingerprint density at radius 1 is 1.06 bits per heavy atom. The van der Waals surface area contributed by atoms with Gasteiger partial charge in [-0.05, 0) is 41.0 Å². The van der Waals surface area contributed by atoms with Gasteiger partial charge in [-0.2, -0.15) is 0 Å². The van der Waals surface area contributed by atoms with Crippen LogP contribution in [0.1, 0.15) is 25.8 Å². The topological polar surface area (TPSA) is 20.2 Å². The second kappa shape index (κ2) is 7.62. The smallest absolute Gasteiger partial charge is 0.123 e. The highest BCUT2D eigenvalue weighted by Crippen LogP contribution is 2.18. The Labute approximate surface area is 108 Å². The molecule has 0 atom stereocenters. The maximum atomic E-state index is 13.0. The Morgan fingerprint density at radius 3 is 2.50 bits per heavy atom. The van der Waals surface area contributed by atoms with Gasteiger partial charge in [0, 0.05) is 6.61 Å². The molecule has 0 aliphatic heterocycles. The number of aliphatic hydroxyl groups excluding tert-OH is 1. The van der Waals surface area contributed by atoms with E-state index in [2.05, 4.69) is 0 Å². The van der Waals surface area contributed by atoms with Crippen molar-refractivity contribution >= 4 is 16.8 Å². The van der Waals surface area contributed by atoms with Gasteiger partial charge in [0.2, 0.25) is 0 Å². The van der Waals surface area contributed by atoms with E-state index < -0.39 is 0 Å². The van der Waals surface area contributed by atoms with Gasteiger partial charge in [0.15, 0.2) is 0 Å². The molecule has 0 fully saturated rings. The van der Waals surface area contributed by atoms with Crippen LogP contribution in [0.25, 0.3) is 16.8 Å². The van der Waals surface area contributed by atoms with Crippen LogP contribution in [-0.4, -0.2) is 11.7 Å². The summed E-state index contributed by atoms with van der Waals surface area (Å²) in [6.07, 6.45) is 4.47. The summed E-state index contributed by atoms with van der Waals surface area (Å²) in [7, 11) is 0. The maximum absolute atomic E-state index is 13.0. The molecule has 0 unspecified atom stereocenters. The molecule has 0 bridgehead atoms. The monoisotopic (exact) mass is 246 g/mol. The lowest BCUT2D eigenvalue weighted by atomic mass is 10.1. The predicted molar refractivity (Wildman–Crippen MR) is 76.0 cm³/mol. The molecule has 2 heteroatoms. The van der Waals surface area contributed by atoms with Gasteiger partial charge in [-0.15, -0.1) is 0 Å². The largest absolute Gasteiger partial charge is 0.396 e. The Kier molecular flexibility index (Phi) is 6.09. The number of aliphatic hydroxyl groups is 1. The zero-order chi connectivity index (χ0) is 13.4. The van der Waals surface area contributed by atoms with Gasteiger partial charge in [0.05, 0.1) is 0 Å². The number of rotatable bonds is 3. The van der Waals surface area contributed by atoms with Crippen LogP contribution in [0, 0.1) is 5.82 Å². The molecular weight excluding hydrogens is 227 g/mol. The van der Waals surface area contributed by atoms with Crippen molar-refractivity contribution in [2.75, 3.05) is 6.61 Å². The second-order valence-electron chi connectivity index (χ2n) is 3.67. The molecule has 1 nitrogen and oxygen atoms in total. The van der Waals surface area contributed by atoms with Crippen LogP contribution in [0.5, 0.6) is 0 Å². The molecule has 0 aliphatic rings. The summed E-state index contributed by atoms with van der Waals surface area (Å²) in [6, 6.07) is 10.6. The fraction of sp³-hybridized carbons (Fsp3) is 0.250. The molecule has 0 radical (unpaired) electrons. The summed E-state index contributed by atoms with van der Waals surface area (Å²) in [5.74, 6) is -0.219. The van der Waals surface area contributed by atoms with Crippen molar-refractivity contribution < 1.29 is 9.50 Å². The van der Waals surface area contributed by atoms with Crippen molar-refractivity contribution in [3.63, 3.8) is 0 Å². The minimum atomic E-state index is -0.219. The van der Waals surface area contributed by atoms with Gasteiger partial charge in [-0.1, -0.05) is 44.2 Å². The number of benzene rings is 2. The summed E-state index contributed by atoms with van der Waals surface area (Å²) < 4.78 is 13.0. The van der Waals surface area contributed by atoms with Crippen molar-refractivity contribution in [3.8, 4) is 0 Å². The van der Waals surface area contributed by atoms with Crippen LogP contribution >= 0.6 is 0 Å². The van der Waals surface area contributed by atoms with Crippen LogP contribution in [0.15, 0.2) is 42.5 Å². The third-order valence-electron chi connectivity index (χ3n) is 2.43. The Hall–Kier alpha value is -1.67. The maximum Gasteiger partial charge on any atom is 0.123 e. The number of halogens is 1. The summed E-state index contributed by atoms with van der Waals surface area (Å²) in [4.78, 5) is 0. The van der Waals surface area contributed by atoms with E-state index in [1.54, 1.807) is 6.07 Å². The van der Waals surface area contributed by atoms with E-state index in [1.807, 2.05) is 44.2 Å². The molecule has 0 aliphatic carbocycles. The Bertz CT molecular complexity index is 517. The molecule has 96 valence electrons. The minimum absolute atomic E-state index is 0.151. The minimum Gasteiger partial charge on any atom is -0.396 e. The van der Waals surface area contributed by atoms with E-state index in [1.165, 1.54) is 12.1 Å². The van der Waals surface area contributed by atoms with Crippen LogP contribution in [0.3, 0.4) is 0 Å². The van der Waals surface area contributed by atoms with E-state index in [0.29, 0.717) is 6.42 Å². The van der Waals surface area contributed by atoms with E-state index in [-0.39, 0.29) is 12.4 Å². The molecule has 2 rings (SSSR count). The summed E-state index contributed by atoms with van der Waals surface area (Å²) >= 11 is 0. The highest BCUT2D eigenvalue weighted by Gasteiger charge is 1.96. The predicted octanol–water partition coefficient (Wildman–Crippen LogP) is 4.40. The van der Waals surface area contributed by atoms with E-state index in [9.17, 15) is 4.39 Å². The van der Waals surface area contributed by atoms with Crippen LogP contribution in [-0.2, 0) is 0 Å². The first-order chi connectivity index (χ1) is 8.79. The zero-order valence-corrected chi connectivity index (χ0v) is 10.9. The number of fused-ring (bicyclic) bond motifs is 1. The Balaban J connectivity index is 0.000000771. The molecule has 0 heterocycles. The average molecular weight is 246 g/mol. The van der Waals surface area contributed by atoms with Crippen LogP contribution in [0.2, 0.25) is 0 Å². The van der Waals surface area contributed by atoms with Crippen molar-refractivity contribution in [1.82, 2.24) is 0 Å². The van der Waals surface area contributed by atoms with Gasteiger partial charge in [0.25, 0.3) is 0 Å². The third kappa shape index (κ3) is 3.97. The quantitative estimate of drug-likeness (QED) is 0.851. The second-order valence-corrected chi connectivity index (χ2v) is 3.67. The molecular formula is C16H19FO. The highest BCUT2D eigenvalue weighted by atomic mass is 19.1. The SMILES string of the molecule is CC.OCC/C=C/c1ccc2ccc(F)cc2c1. The molecule has 0 saturated carbocycles. The lowest BCUT2D eigenvalue weighted by molar-refractivity contribution is 0.303. The van der Waals surface area contributed by atoms with Gasteiger partial charge < -0.3 is 5.11 Å². The number of hydrogen-bond donors (Lipinski definition) is 1. The van der Waals surface area contributed by atoms with E-state index >= 15 is 0 Å². The van der Waals surface area contributed by atoms with Crippen molar-refractivity contribution in [3.05, 3.63) is 53.9 Å². The summed E-state index contributed by atoms with van der Waals surface area (Å²) in [6.45, 7) is 4.15. The lowest BCUT2D eigenvalue weighted by Gasteiger charge is -1.99. The number of hydrogen-bond acceptors (Lipinski definition) is 1. The first-order valence-electron chi connectivity index (χ1n) is 6.26. The zero-order valence-electron chi connectivity index (χ0n) is 10.9. The van der Waals surface area contributed by atoms with Crippen LogP contribution < -0.4 is 0 Å². The van der Waals surface area contributed by atoms with Crippen molar-refractivity contribution in [2.45, 2.75) is 20.3 Å². The average Bonchev–Trinajstić information content (AvgIpc) is 2.41. The van der Waals surface area contributed by atoms with Crippen molar-refractivity contribution in [2.24, 2.45) is 0 Å². The fourth-order valence-corrected chi connectivity index (χ4v) is 1.63. The fourth-order valence-electron chi connectivity index (χ4n) is 1.63. The highest BCUT2D eigenvalue weighted by molar-refractivity contribution is 5.84. The molecule has 0 aromatic heterocycles. The summed E-state index contributed by atoms with van der Waals surface area (Å²) in [5.41, 5.74) is 1.02. The van der Waals surface area contributed by atoms with E-state index in [0.717, 1.165) is 16.3 Å². The van der Waals surface area contributed by atoms with Crippen LogP contribution in [0.4, 0.5) is 4.39 Å². The molecule has 2 aromatic rings. The van der Waals surface area contributed by atoms with Gasteiger partial charge in [-0.25, -0.2) is 4.39 Å². The molecule has 1 N–H and O–H groups in total. The molecule has 0 spiro atoms. The van der Waals surface area contributed by atoms with E-state index in [4.69, 9.17) is 5.11 Å². The molecule has 2 aromatic carbocycles.